The lowest BCUT2D eigenvalue weighted by Crippen LogP contribution is -2.43. The topological polar surface area (TPSA) is 54.0 Å². The van der Waals surface area contributed by atoms with E-state index in [0.717, 1.165) is 17.2 Å². The summed E-state index contributed by atoms with van der Waals surface area (Å²) in [6, 6.07) is -0.142. The van der Waals surface area contributed by atoms with E-state index in [9.17, 15) is 4.79 Å². The number of nitrogens with zero attached hydrogens (tertiary/aromatic N) is 1. The van der Waals surface area contributed by atoms with Crippen LogP contribution in [0.25, 0.3) is 0 Å². The van der Waals surface area contributed by atoms with Gasteiger partial charge in [0, 0.05) is 22.4 Å². The van der Waals surface area contributed by atoms with Crippen molar-refractivity contribution in [2.45, 2.75) is 44.4 Å². The van der Waals surface area contributed by atoms with Gasteiger partial charge in [-0.05, 0) is 39.4 Å². The van der Waals surface area contributed by atoms with Gasteiger partial charge in [0.1, 0.15) is 5.01 Å². The van der Waals surface area contributed by atoms with Crippen LogP contribution in [-0.4, -0.2) is 28.1 Å². The minimum atomic E-state index is -0.103. The largest absolute Gasteiger partial charge is 0.337 e. The van der Waals surface area contributed by atoms with Gasteiger partial charge in [0.2, 0.25) is 0 Å². The second kappa shape index (κ2) is 6.13. The SMILES string of the molecule is Cc1csc([C@H](C)NC(=O)NC[C@]2(C)CCCS2)n1. The Balaban J connectivity index is 1.78. The van der Waals surface area contributed by atoms with Gasteiger partial charge in [0.05, 0.1) is 6.04 Å². The molecule has 106 valence electrons. The standard InChI is InChI=1S/C13H21N3OS2/c1-9-7-18-11(15-9)10(2)16-12(17)14-8-13(3)5-4-6-19-13/h7,10H,4-6,8H2,1-3H3,(H2,14,16,17)/t10-,13-/m0/s1. The van der Waals surface area contributed by atoms with E-state index >= 15 is 0 Å². The van der Waals surface area contributed by atoms with Crippen molar-refractivity contribution in [1.29, 1.82) is 0 Å². The summed E-state index contributed by atoms with van der Waals surface area (Å²) in [5.74, 6) is 1.20. The molecule has 1 aliphatic rings. The maximum Gasteiger partial charge on any atom is 0.315 e. The van der Waals surface area contributed by atoms with Crippen LogP contribution in [0.2, 0.25) is 0 Å². The van der Waals surface area contributed by atoms with Crippen LogP contribution in [0.15, 0.2) is 5.38 Å². The van der Waals surface area contributed by atoms with Crippen LogP contribution >= 0.6 is 23.1 Å². The molecule has 1 saturated heterocycles. The number of aryl methyl sites for hydroxylation is 1. The van der Waals surface area contributed by atoms with Crippen LogP contribution in [0.5, 0.6) is 0 Å². The molecule has 1 fully saturated rings. The molecule has 0 spiro atoms. The van der Waals surface area contributed by atoms with Crippen LogP contribution in [-0.2, 0) is 0 Å². The highest BCUT2D eigenvalue weighted by atomic mass is 32.2. The molecule has 0 unspecified atom stereocenters. The Bertz CT molecular complexity index is 441. The lowest BCUT2D eigenvalue weighted by Gasteiger charge is -2.23. The van der Waals surface area contributed by atoms with Crippen LogP contribution in [0.1, 0.15) is 43.4 Å². The first-order valence-corrected chi connectivity index (χ1v) is 8.45. The molecule has 1 aromatic heterocycles. The Morgan fingerprint density at radius 2 is 2.42 bits per heavy atom. The van der Waals surface area contributed by atoms with Crippen molar-refractivity contribution in [3.05, 3.63) is 16.1 Å². The zero-order valence-electron chi connectivity index (χ0n) is 11.7. The van der Waals surface area contributed by atoms with E-state index in [4.69, 9.17) is 0 Å². The lowest BCUT2D eigenvalue weighted by molar-refractivity contribution is 0.237. The third kappa shape index (κ3) is 4.11. The lowest BCUT2D eigenvalue weighted by atomic mass is 10.1. The van der Waals surface area contributed by atoms with Gasteiger partial charge in [-0.1, -0.05) is 0 Å². The molecular formula is C13H21N3OS2. The van der Waals surface area contributed by atoms with Crippen molar-refractivity contribution >= 4 is 29.1 Å². The molecule has 2 atom stereocenters. The summed E-state index contributed by atoms with van der Waals surface area (Å²) >= 11 is 3.54. The fourth-order valence-corrected chi connectivity index (χ4v) is 4.17. The smallest absolute Gasteiger partial charge is 0.315 e. The fourth-order valence-electron chi connectivity index (χ4n) is 2.12. The number of carbonyl (C=O) groups excluding carboxylic acids is 1. The van der Waals surface area contributed by atoms with Crippen LogP contribution < -0.4 is 10.6 Å². The van der Waals surface area contributed by atoms with E-state index in [1.807, 2.05) is 31.0 Å². The van der Waals surface area contributed by atoms with Crippen molar-refractivity contribution in [2.24, 2.45) is 0 Å². The van der Waals surface area contributed by atoms with E-state index in [0.29, 0.717) is 0 Å². The molecule has 2 N–H and O–H groups in total. The van der Waals surface area contributed by atoms with Gasteiger partial charge in [0.25, 0.3) is 0 Å². The van der Waals surface area contributed by atoms with Gasteiger partial charge >= 0.3 is 6.03 Å². The molecule has 0 radical (unpaired) electrons. The number of nitrogens with one attached hydrogen (secondary N) is 2. The number of amides is 2. The molecule has 0 saturated carbocycles. The molecule has 19 heavy (non-hydrogen) atoms. The van der Waals surface area contributed by atoms with E-state index in [1.165, 1.54) is 18.6 Å². The maximum absolute atomic E-state index is 11.9. The number of hydrogen-bond acceptors (Lipinski definition) is 4. The van der Waals surface area contributed by atoms with Gasteiger partial charge in [-0.3, -0.25) is 0 Å². The molecule has 0 aromatic carbocycles. The third-order valence-corrected chi connectivity index (χ3v) is 5.96. The highest BCUT2D eigenvalue weighted by molar-refractivity contribution is 8.00. The Labute approximate surface area is 122 Å². The summed E-state index contributed by atoms with van der Waals surface area (Å²) < 4.78 is 0.207. The number of carbonyl (C=O) groups is 1. The highest BCUT2D eigenvalue weighted by Crippen LogP contribution is 2.36. The predicted octanol–water partition coefficient (Wildman–Crippen LogP) is 3.10. The molecule has 2 amide bonds. The van der Waals surface area contributed by atoms with E-state index in [2.05, 4.69) is 22.5 Å². The van der Waals surface area contributed by atoms with Gasteiger partial charge in [-0.25, -0.2) is 9.78 Å². The molecule has 1 aromatic rings. The molecule has 6 heteroatoms. The van der Waals surface area contributed by atoms with Gasteiger partial charge in [-0.15, -0.1) is 11.3 Å². The van der Waals surface area contributed by atoms with E-state index in [-0.39, 0.29) is 16.8 Å². The Kier molecular flexibility index (Phi) is 4.73. The number of aromatic nitrogens is 1. The number of rotatable bonds is 4. The second-order valence-corrected chi connectivity index (χ2v) is 7.85. The van der Waals surface area contributed by atoms with Gasteiger partial charge < -0.3 is 10.6 Å². The summed E-state index contributed by atoms with van der Waals surface area (Å²) in [7, 11) is 0. The van der Waals surface area contributed by atoms with E-state index in [1.54, 1.807) is 11.3 Å². The Morgan fingerprint density at radius 3 is 3.00 bits per heavy atom. The predicted molar refractivity (Wildman–Crippen MR) is 81.9 cm³/mol. The average Bonchev–Trinajstić information content (AvgIpc) is 2.96. The average molecular weight is 299 g/mol. The number of urea groups is 1. The summed E-state index contributed by atoms with van der Waals surface area (Å²) in [6.07, 6.45) is 2.43. The zero-order valence-corrected chi connectivity index (χ0v) is 13.3. The molecule has 2 heterocycles. The zero-order chi connectivity index (χ0) is 13.9. The first-order valence-electron chi connectivity index (χ1n) is 6.59. The van der Waals surface area contributed by atoms with Crippen molar-refractivity contribution in [1.82, 2.24) is 15.6 Å². The first kappa shape index (κ1) is 14.7. The monoisotopic (exact) mass is 299 g/mol. The van der Waals surface area contributed by atoms with E-state index < -0.39 is 0 Å². The number of hydrogen-bond donors (Lipinski definition) is 2. The minimum absolute atomic E-state index is 0.0391. The second-order valence-electron chi connectivity index (χ2n) is 5.28. The van der Waals surface area contributed by atoms with Crippen molar-refractivity contribution < 1.29 is 4.79 Å². The van der Waals surface area contributed by atoms with Gasteiger partial charge in [0.15, 0.2) is 0 Å². The fraction of sp³-hybridized carbons (Fsp3) is 0.692. The summed E-state index contributed by atoms with van der Waals surface area (Å²) in [5, 5.41) is 8.87. The van der Waals surface area contributed by atoms with Crippen LogP contribution in [0.3, 0.4) is 0 Å². The maximum atomic E-state index is 11.9. The minimum Gasteiger partial charge on any atom is -0.337 e. The number of thiazole rings is 1. The molecule has 0 aliphatic carbocycles. The van der Waals surface area contributed by atoms with Crippen LogP contribution in [0, 0.1) is 6.92 Å². The molecule has 1 aliphatic heterocycles. The molecule has 4 nitrogen and oxygen atoms in total. The first-order chi connectivity index (χ1) is 8.98. The Morgan fingerprint density at radius 1 is 1.63 bits per heavy atom. The van der Waals surface area contributed by atoms with Gasteiger partial charge in [-0.2, -0.15) is 11.8 Å². The molecular weight excluding hydrogens is 278 g/mol. The molecule has 0 bridgehead atoms. The quantitative estimate of drug-likeness (QED) is 0.898. The van der Waals surface area contributed by atoms with Crippen LogP contribution in [0.4, 0.5) is 4.79 Å². The normalized spacial score (nSPS) is 24.2. The molecule has 2 rings (SSSR count). The summed E-state index contributed by atoms with van der Waals surface area (Å²) in [4.78, 5) is 16.3. The highest BCUT2D eigenvalue weighted by Gasteiger charge is 2.29. The van der Waals surface area contributed by atoms with Crippen molar-refractivity contribution in [3.63, 3.8) is 0 Å². The van der Waals surface area contributed by atoms with Crippen molar-refractivity contribution in [2.75, 3.05) is 12.3 Å². The summed E-state index contributed by atoms with van der Waals surface area (Å²) in [5.41, 5.74) is 1.00. The Hall–Kier alpha value is -0.750. The van der Waals surface area contributed by atoms with Crippen molar-refractivity contribution in [3.8, 4) is 0 Å². The third-order valence-electron chi connectivity index (χ3n) is 3.28. The summed E-state index contributed by atoms with van der Waals surface area (Å²) in [6.45, 7) is 6.88. The number of thioether (sulfide) groups is 1.